The molecule has 1 atom stereocenters. The molecule has 1 aliphatic rings. The molecule has 0 saturated carbocycles. The van der Waals surface area contributed by atoms with Crippen molar-refractivity contribution in [3.63, 3.8) is 0 Å². The zero-order valence-electron chi connectivity index (χ0n) is 11.7. The number of hydrogen-bond acceptors (Lipinski definition) is 3. The first-order chi connectivity index (χ1) is 9.20. The van der Waals surface area contributed by atoms with Crippen molar-refractivity contribution in [2.24, 2.45) is 5.92 Å². The van der Waals surface area contributed by atoms with Crippen LogP contribution >= 0.6 is 0 Å². The van der Waals surface area contributed by atoms with Gasteiger partial charge in [0.15, 0.2) is 0 Å². The summed E-state index contributed by atoms with van der Waals surface area (Å²) in [6.07, 6.45) is 2.23. The monoisotopic (exact) mass is 262 g/mol. The lowest BCUT2D eigenvalue weighted by atomic mass is 10.0. The summed E-state index contributed by atoms with van der Waals surface area (Å²) in [5, 5.41) is 6.08. The molecule has 1 heterocycles. The van der Waals surface area contributed by atoms with Crippen molar-refractivity contribution in [1.82, 2.24) is 5.32 Å². The summed E-state index contributed by atoms with van der Waals surface area (Å²) in [6, 6.07) is 5.78. The van der Waals surface area contributed by atoms with E-state index in [9.17, 15) is 4.79 Å². The Kier molecular flexibility index (Phi) is 4.80. The molecule has 2 rings (SSSR count). The summed E-state index contributed by atoms with van der Waals surface area (Å²) in [5.41, 5.74) is 2.76. The van der Waals surface area contributed by atoms with E-state index >= 15 is 0 Å². The molecule has 1 aromatic carbocycles. The SMILES string of the molecule is CNc1ccc(C(=O)NCC2CCCOC2)c(C)c1. The minimum Gasteiger partial charge on any atom is -0.388 e. The average Bonchev–Trinajstić information content (AvgIpc) is 2.45. The number of amides is 1. The van der Waals surface area contributed by atoms with Crippen LogP contribution in [-0.2, 0) is 4.74 Å². The minimum atomic E-state index is 0.00530. The van der Waals surface area contributed by atoms with Crippen molar-refractivity contribution in [3.05, 3.63) is 29.3 Å². The number of anilines is 1. The number of carbonyl (C=O) groups is 1. The second kappa shape index (κ2) is 6.57. The molecule has 0 spiro atoms. The molecule has 1 unspecified atom stereocenters. The van der Waals surface area contributed by atoms with Gasteiger partial charge < -0.3 is 15.4 Å². The Labute approximate surface area is 114 Å². The van der Waals surface area contributed by atoms with E-state index in [2.05, 4.69) is 10.6 Å². The minimum absolute atomic E-state index is 0.00530. The van der Waals surface area contributed by atoms with Crippen LogP contribution in [0.5, 0.6) is 0 Å². The first kappa shape index (κ1) is 13.9. The Balaban J connectivity index is 1.92. The fourth-order valence-electron chi connectivity index (χ4n) is 2.37. The molecule has 0 aromatic heterocycles. The zero-order valence-corrected chi connectivity index (χ0v) is 11.7. The van der Waals surface area contributed by atoms with Gasteiger partial charge in [-0.3, -0.25) is 4.79 Å². The van der Waals surface area contributed by atoms with E-state index in [1.807, 2.05) is 32.2 Å². The fraction of sp³-hybridized carbons (Fsp3) is 0.533. The standard InChI is InChI=1S/C15H22N2O2/c1-11-8-13(16-2)5-6-14(11)15(18)17-9-12-4-3-7-19-10-12/h5-6,8,12,16H,3-4,7,9-10H2,1-2H3,(H,17,18). The summed E-state index contributed by atoms with van der Waals surface area (Å²) in [7, 11) is 1.87. The predicted octanol–water partition coefficient (Wildman–Crippen LogP) is 2.19. The third kappa shape index (κ3) is 3.70. The number of ether oxygens (including phenoxy) is 1. The summed E-state index contributed by atoms with van der Waals surface area (Å²) in [4.78, 5) is 12.1. The molecule has 104 valence electrons. The van der Waals surface area contributed by atoms with Gasteiger partial charge in [-0.05, 0) is 49.4 Å². The van der Waals surface area contributed by atoms with Gasteiger partial charge in [-0.2, -0.15) is 0 Å². The molecule has 1 fully saturated rings. The van der Waals surface area contributed by atoms with Gasteiger partial charge in [0, 0.05) is 31.5 Å². The fourth-order valence-corrected chi connectivity index (χ4v) is 2.37. The molecule has 1 aromatic rings. The van der Waals surface area contributed by atoms with E-state index in [4.69, 9.17) is 4.74 Å². The molecular formula is C15H22N2O2. The van der Waals surface area contributed by atoms with Gasteiger partial charge in [0.25, 0.3) is 5.91 Å². The molecule has 2 N–H and O–H groups in total. The van der Waals surface area contributed by atoms with Gasteiger partial charge in [0.05, 0.1) is 6.61 Å². The average molecular weight is 262 g/mol. The largest absolute Gasteiger partial charge is 0.388 e. The van der Waals surface area contributed by atoms with Gasteiger partial charge >= 0.3 is 0 Å². The van der Waals surface area contributed by atoms with Crippen LogP contribution in [0, 0.1) is 12.8 Å². The molecule has 4 heteroatoms. The number of hydrogen-bond donors (Lipinski definition) is 2. The van der Waals surface area contributed by atoms with Crippen molar-refractivity contribution in [2.45, 2.75) is 19.8 Å². The smallest absolute Gasteiger partial charge is 0.251 e. The van der Waals surface area contributed by atoms with E-state index in [0.717, 1.165) is 42.9 Å². The van der Waals surface area contributed by atoms with Crippen LogP contribution in [0.1, 0.15) is 28.8 Å². The third-order valence-electron chi connectivity index (χ3n) is 3.57. The molecule has 19 heavy (non-hydrogen) atoms. The first-order valence-corrected chi connectivity index (χ1v) is 6.85. The lowest BCUT2D eigenvalue weighted by molar-refractivity contribution is 0.0536. The van der Waals surface area contributed by atoms with Crippen LogP contribution in [0.3, 0.4) is 0 Å². The molecular weight excluding hydrogens is 240 g/mol. The number of benzene rings is 1. The van der Waals surface area contributed by atoms with Gasteiger partial charge in [0.1, 0.15) is 0 Å². The van der Waals surface area contributed by atoms with Crippen LogP contribution in [0.2, 0.25) is 0 Å². The first-order valence-electron chi connectivity index (χ1n) is 6.85. The number of rotatable bonds is 4. The van der Waals surface area contributed by atoms with Crippen LogP contribution in [-0.4, -0.2) is 32.7 Å². The zero-order chi connectivity index (χ0) is 13.7. The second-order valence-electron chi connectivity index (χ2n) is 5.07. The predicted molar refractivity (Wildman–Crippen MR) is 76.6 cm³/mol. The summed E-state index contributed by atoms with van der Waals surface area (Å²) >= 11 is 0. The molecule has 0 aliphatic carbocycles. The van der Waals surface area contributed by atoms with Gasteiger partial charge in [-0.1, -0.05) is 0 Å². The number of carbonyl (C=O) groups excluding carboxylic acids is 1. The van der Waals surface area contributed by atoms with Crippen molar-refractivity contribution >= 4 is 11.6 Å². The summed E-state index contributed by atoms with van der Waals surface area (Å²) < 4.78 is 5.41. The molecule has 1 aliphatic heterocycles. The van der Waals surface area contributed by atoms with Crippen LogP contribution in [0.4, 0.5) is 5.69 Å². The maximum atomic E-state index is 12.1. The van der Waals surface area contributed by atoms with Gasteiger partial charge in [0.2, 0.25) is 0 Å². The number of aryl methyl sites for hydroxylation is 1. The van der Waals surface area contributed by atoms with E-state index in [0.29, 0.717) is 12.5 Å². The van der Waals surface area contributed by atoms with Crippen LogP contribution in [0.25, 0.3) is 0 Å². The van der Waals surface area contributed by atoms with Crippen molar-refractivity contribution < 1.29 is 9.53 Å². The van der Waals surface area contributed by atoms with E-state index in [1.54, 1.807) is 0 Å². The highest BCUT2D eigenvalue weighted by Gasteiger charge is 2.16. The third-order valence-corrected chi connectivity index (χ3v) is 3.57. The summed E-state index contributed by atoms with van der Waals surface area (Å²) in [5.74, 6) is 0.459. The highest BCUT2D eigenvalue weighted by Crippen LogP contribution is 2.16. The highest BCUT2D eigenvalue weighted by atomic mass is 16.5. The van der Waals surface area contributed by atoms with E-state index in [1.165, 1.54) is 0 Å². The highest BCUT2D eigenvalue weighted by molar-refractivity contribution is 5.96. The molecule has 1 saturated heterocycles. The Bertz CT molecular complexity index is 440. The van der Waals surface area contributed by atoms with Crippen molar-refractivity contribution in [2.75, 3.05) is 32.1 Å². The molecule has 0 bridgehead atoms. The Morgan fingerprint density at radius 3 is 2.95 bits per heavy atom. The molecule has 1 amide bonds. The Morgan fingerprint density at radius 2 is 2.32 bits per heavy atom. The Hall–Kier alpha value is -1.55. The lowest BCUT2D eigenvalue weighted by Crippen LogP contribution is -2.33. The van der Waals surface area contributed by atoms with E-state index < -0.39 is 0 Å². The van der Waals surface area contributed by atoms with Crippen LogP contribution < -0.4 is 10.6 Å². The Morgan fingerprint density at radius 1 is 1.47 bits per heavy atom. The van der Waals surface area contributed by atoms with Crippen LogP contribution in [0.15, 0.2) is 18.2 Å². The van der Waals surface area contributed by atoms with E-state index in [-0.39, 0.29) is 5.91 Å². The van der Waals surface area contributed by atoms with Gasteiger partial charge in [-0.25, -0.2) is 0 Å². The molecule has 0 radical (unpaired) electrons. The lowest BCUT2D eigenvalue weighted by Gasteiger charge is -2.22. The topological polar surface area (TPSA) is 50.4 Å². The second-order valence-corrected chi connectivity index (χ2v) is 5.07. The van der Waals surface area contributed by atoms with Crippen molar-refractivity contribution in [1.29, 1.82) is 0 Å². The quantitative estimate of drug-likeness (QED) is 0.874. The van der Waals surface area contributed by atoms with Crippen molar-refractivity contribution in [3.8, 4) is 0 Å². The molecule has 4 nitrogen and oxygen atoms in total. The maximum Gasteiger partial charge on any atom is 0.251 e. The number of nitrogens with one attached hydrogen (secondary N) is 2. The normalized spacial score (nSPS) is 18.9. The summed E-state index contributed by atoms with van der Waals surface area (Å²) in [6.45, 7) is 4.28. The maximum absolute atomic E-state index is 12.1. The van der Waals surface area contributed by atoms with Gasteiger partial charge in [-0.15, -0.1) is 0 Å².